The van der Waals surface area contributed by atoms with Crippen LogP contribution in [0, 0.1) is 6.92 Å². The van der Waals surface area contributed by atoms with Crippen molar-refractivity contribution in [3.63, 3.8) is 0 Å². The zero-order chi connectivity index (χ0) is 12.3. The Bertz CT molecular complexity index is 526. The molecule has 0 atom stereocenters. The normalized spacial score (nSPS) is 10.0. The fourth-order valence-corrected chi connectivity index (χ4v) is 1.46. The van der Waals surface area contributed by atoms with E-state index in [4.69, 9.17) is 10.5 Å². The second-order valence-electron chi connectivity index (χ2n) is 3.78. The first-order chi connectivity index (χ1) is 8.19. The number of hydrogen-bond donors (Lipinski definition) is 2. The highest BCUT2D eigenvalue weighted by atomic mass is 16.5. The summed E-state index contributed by atoms with van der Waals surface area (Å²) in [6.07, 6.45) is 1.75. The number of rotatable bonds is 3. The van der Waals surface area contributed by atoms with Gasteiger partial charge in [-0.15, -0.1) is 0 Å². The van der Waals surface area contributed by atoms with E-state index in [1.54, 1.807) is 13.3 Å². The van der Waals surface area contributed by atoms with Gasteiger partial charge in [0.05, 0.1) is 7.11 Å². The fourth-order valence-electron chi connectivity index (χ4n) is 1.46. The number of nitrogens with zero attached hydrogens (tertiary/aromatic N) is 1. The van der Waals surface area contributed by atoms with Crippen LogP contribution in [0.2, 0.25) is 0 Å². The first kappa shape index (κ1) is 11.3. The van der Waals surface area contributed by atoms with E-state index in [0.717, 1.165) is 28.5 Å². The molecule has 1 aromatic heterocycles. The minimum atomic E-state index is 0.723. The minimum Gasteiger partial charge on any atom is -0.497 e. The summed E-state index contributed by atoms with van der Waals surface area (Å²) in [5.41, 5.74) is 8.44. The topological polar surface area (TPSA) is 60.2 Å². The molecule has 1 heterocycles. The van der Waals surface area contributed by atoms with Crippen molar-refractivity contribution in [2.24, 2.45) is 0 Å². The molecule has 0 amide bonds. The third kappa shape index (κ3) is 2.66. The van der Waals surface area contributed by atoms with Crippen molar-refractivity contribution >= 4 is 17.2 Å². The highest BCUT2D eigenvalue weighted by molar-refractivity contribution is 5.62. The van der Waals surface area contributed by atoms with Crippen molar-refractivity contribution in [3.05, 3.63) is 42.1 Å². The van der Waals surface area contributed by atoms with Crippen LogP contribution in [0.5, 0.6) is 5.75 Å². The van der Waals surface area contributed by atoms with E-state index in [-0.39, 0.29) is 0 Å². The summed E-state index contributed by atoms with van der Waals surface area (Å²) in [6.45, 7) is 1.93. The quantitative estimate of drug-likeness (QED) is 0.849. The van der Waals surface area contributed by atoms with Crippen molar-refractivity contribution in [2.75, 3.05) is 18.2 Å². The van der Waals surface area contributed by atoms with Crippen LogP contribution < -0.4 is 15.8 Å². The lowest BCUT2D eigenvalue weighted by atomic mass is 10.2. The monoisotopic (exact) mass is 229 g/mol. The maximum absolute atomic E-state index is 5.83. The molecule has 0 saturated carbocycles. The first-order valence-corrected chi connectivity index (χ1v) is 5.32. The number of pyridine rings is 1. The van der Waals surface area contributed by atoms with E-state index >= 15 is 0 Å². The van der Waals surface area contributed by atoms with Crippen molar-refractivity contribution in [1.29, 1.82) is 0 Å². The van der Waals surface area contributed by atoms with E-state index < -0.39 is 0 Å². The van der Waals surface area contributed by atoms with Crippen LogP contribution in [-0.2, 0) is 0 Å². The summed E-state index contributed by atoms with van der Waals surface area (Å²) < 4.78 is 5.15. The molecule has 2 aromatic rings. The van der Waals surface area contributed by atoms with Gasteiger partial charge in [0, 0.05) is 29.7 Å². The summed E-state index contributed by atoms with van der Waals surface area (Å²) in [5, 5.41) is 3.18. The lowest BCUT2D eigenvalue weighted by Gasteiger charge is -2.08. The Kier molecular flexibility index (Phi) is 3.14. The van der Waals surface area contributed by atoms with E-state index in [9.17, 15) is 0 Å². The van der Waals surface area contributed by atoms with Crippen molar-refractivity contribution < 1.29 is 4.74 Å². The van der Waals surface area contributed by atoms with Gasteiger partial charge in [-0.05, 0) is 24.6 Å². The number of anilines is 3. The van der Waals surface area contributed by atoms with E-state index in [0.29, 0.717) is 0 Å². The van der Waals surface area contributed by atoms with Gasteiger partial charge in [0.15, 0.2) is 0 Å². The standard InChI is InChI=1S/C13H15N3O/c1-9-8-15-13(7-12(9)14)16-10-4-3-5-11(6-10)17-2/h3-8H,1-2H3,(H3,14,15,16). The number of nitrogens with one attached hydrogen (secondary N) is 1. The number of aromatic nitrogens is 1. The first-order valence-electron chi connectivity index (χ1n) is 5.32. The maximum Gasteiger partial charge on any atom is 0.132 e. The summed E-state index contributed by atoms with van der Waals surface area (Å²) >= 11 is 0. The highest BCUT2D eigenvalue weighted by Gasteiger charge is 2.00. The predicted molar refractivity (Wildman–Crippen MR) is 69.7 cm³/mol. The summed E-state index contributed by atoms with van der Waals surface area (Å²) in [4.78, 5) is 4.26. The predicted octanol–water partition coefficient (Wildman–Crippen LogP) is 2.72. The molecule has 4 heteroatoms. The third-order valence-electron chi connectivity index (χ3n) is 2.49. The van der Waals surface area contributed by atoms with Crippen LogP contribution in [-0.4, -0.2) is 12.1 Å². The van der Waals surface area contributed by atoms with Crippen LogP contribution in [0.3, 0.4) is 0 Å². The third-order valence-corrected chi connectivity index (χ3v) is 2.49. The minimum absolute atomic E-state index is 0.723. The molecule has 1 aromatic carbocycles. The van der Waals surface area contributed by atoms with Gasteiger partial charge in [-0.2, -0.15) is 0 Å². The number of methoxy groups -OCH3 is 1. The molecular weight excluding hydrogens is 214 g/mol. The average Bonchev–Trinajstić information content (AvgIpc) is 2.34. The summed E-state index contributed by atoms with van der Waals surface area (Å²) in [5.74, 6) is 1.52. The van der Waals surface area contributed by atoms with Crippen LogP contribution in [0.4, 0.5) is 17.2 Å². The van der Waals surface area contributed by atoms with Gasteiger partial charge in [-0.1, -0.05) is 6.07 Å². The Balaban J connectivity index is 2.22. The lowest BCUT2D eigenvalue weighted by molar-refractivity contribution is 0.415. The molecule has 88 valence electrons. The molecule has 0 saturated heterocycles. The van der Waals surface area contributed by atoms with E-state index in [1.807, 2.05) is 37.3 Å². The zero-order valence-electron chi connectivity index (χ0n) is 9.90. The van der Waals surface area contributed by atoms with Gasteiger partial charge in [0.2, 0.25) is 0 Å². The smallest absolute Gasteiger partial charge is 0.132 e. The molecule has 0 aliphatic rings. The number of aryl methyl sites for hydroxylation is 1. The van der Waals surface area contributed by atoms with E-state index in [2.05, 4.69) is 10.3 Å². The molecular formula is C13H15N3O. The Morgan fingerprint density at radius 3 is 2.82 bits per heavy atom. The molecule has 0 fully saturated rings. The largest absolute Gasteiger partial charge is 0.497 e. The number of nitrogens with two attached hydrogens (primary N) is 1. The second kappa shape index (κ2) is 4.74. The van der Waals surface area contributed by atoms with Crippen molar-refractivity contribution in [2.45, 2.75) is 6.92 Å². The fraction of sp³-hybridized carbons (Fsp3) is 0.154. The van der Waals surface area contributed by atoms with Gasteiger partial charge in [-0.3, -0.25) is 0 Å². The Hall–Kier alpha value is -2.23. The van der Waals surface area contributed by atoms with Gasteiger partial charge >= 0.3 is 0 Å². The number of nitrogen functional groups attached to an aromatic ring is 1. The zero-order valence-corrected chi connectivity index (χ0v) is 9.90. The molecule has 2 rings (SSSR count). The number of ether oxygens (including phenoxy) is 1. The van der Waals surface area contributed by atoms with Crippen LogP contribution >= 0.6 is 0 Å². The lowest BCUT2D eigenvalue weighted by Crippen LogP contribution is -1.97. The summed E-state index contributed by atoms with van der Waals surface area (Å²) in [7, 11) is 1.64. The molecule has 0 aliphatic heterocycles. The SMILES string of the molecule is COc1cccc(Nc2cc(N)c(C)cn2)c1. The second-order valence-corrected chi connectivity index (χ2v) is 3.78. The van der Waals surface area contributed by atoms with Crippen molar-refractivity contribution in [3.8, 4) is 5.75 Å². The molecule has 0 radical (unpaired) electrons. The molecule has 3 N–H and O–H groups in total. The molecule has 0 unspecified atom stereocenters. The Morgan fingerprint density at radius 2 is 2.12 bits per heavy atom. The van der Waals surface area contributed by atoms with Crippen molar-refractivity contribution in [1.82, 2.24) is 4.98 Å². The van der Waals surface area contributed by atoms with Crippen LogP contribution in [0.1, 0.15) is 5.56 Å². The van der Waals surface area contributed by atoms with Gasteiger partial charge in [0.25, 0.3) is 0 Å². The summed E-state index contributed by atoms with van der Waals surface area (Å²) in [6, 6.07) is 9.47. The average molecular weight is 229 g/mol. The van der Waals surface area contributed by atoms with Crippen LogP contribution in [0.25, 0.3) is 0 Å². The molecule has 0 bridgehead atoms. The Morgan fingerprint density at radius 1 is 1.29 bits per heavy atom. The van der Waals surface area contributed by atoms with Crippen LogP contribution in [0.15, 0.2) is 36.5 Å². The van der Waals surface area contributed by atoms with E-state index in [1.165, 1.54) is 0 Å². The molecule has 4 nitrogen and oxygen atoms in total. The highest BCUT2D eigenvalue weighted by Crippen LogP contribution is 2.21. The molecule has 17 heavy (non-hydrogen) atoms. The van der Waals surface area contributed by atoms with Gasteiger partial charge in [-0.25, -0.2) is 4.98 Å². The molecule has 0 spiro atoms. The van der Waals surface area contributed by atoms with Gasteiger partial charge in [0.1, 0.15) is 11.6 Å². The number of hydrogen-bond acceptors (Lipinski definition) is 4. The number of benzene rings is 1. The van der Waals surface area contributed by atoms with Gasteiger partial charge < -0.3 is 15.8 Å². The maximum atomic E-state index is 5.83. The Labute approximate surface area is 100 Å². The molecule has 0 aliphatic carbocycles.